The lowest BCUT2D eigenvalue weighted by Gasteiger charge is -2.45. The standard InChI is InChI=1S/C24H19N3O/c25-16-17-10-12-18(13-11-17)22-20-8-4-5-9-21(20)24(28,19-6-2-1-3-7-19)23-26-14-15-27(22)23/h1-13,22,28H,14-15H2/t22-,24+/m0/s1. The summed E-state index contributed by atoms with van der Waals surface area (Å²) in [5.41, 5.74) is 3.23. The number of aliphatic hydroxyl groups is 1. The smallest absolute Gasteiger partial charge is 0.172 e. The van der Waals surface area contributed by atoms with Crippen LogP contribution in [0.2, 0.25) is 0 Å². The highest BCUT2D eigenvalue weighted by Crippen LogP contribution is 2.47. The number of benzene rings is 3. The Hall–Kier alpha value is -3.42. The zero-order chi connectivity index (χ0) is 19.1. The van der Waals surface area contributed by atoms with E-state index in [9.17, 15) is 5.11 Å². The zero-order valence-electron chi connectivity index (χ0n) is 15.3. The molecule has 0 amide bonds. The van der Waals surface area contributed by atoms with Crippen LogP contribution in [0, 0.1) is 11.3 Å². The van der Waals surface area contributed by atoms with Crippen LogP contribution in [-0.2, 0) is 5.60 Å². The van der Waals surface area contributed by atoms with Crippen LogP contribution < -0.4 is 0 Å². The molecule has 1 N–H and O–H groups in total. The third-order valence-electron chi connectivity index (χ3n) is 5.70. The predicted octanol–water partition coefficient (Wildman–Crippen LogP) is 3.61. The van der Waals surface area contributed by atoms with E-state index < -0.39 is 5.60 Å². The minimum absolute atomic E-state index is 0.0332. The molecular formula is C24H19N3O. The van der Waals surface area contributed by atoms with Gasteiger partial charge in [-0.1, -0.05) is 66.7 Å². The van der Waals surface area contributed by atoms with Crippen molar-refractivity contribution in [2.45, 2.75) is 11.6 Å². The van der Waals surface area contributed by atoms with Gasteiger partial charge in [0.2, 0.25) is 0 Å². The van der Waals surface area contributed by atoms with E-state index in [1.165, 1.54) is 0 Å². The Labute approximate surface area is 164 Å². The van der Waals surface area contributed by atoms with E-state index >= 15 is 0 Å². The second kappa shape index (κ2) is 6.33. The average Bonchev–Trinajstić information content (AvgIpc) is 3.25. The fraction of sp³-hybridized carbons (Fsp3) is 0.167. The molecule has 2 atom stereocenters. The first-order valence-corrected chi connectivity index (χ1v) is 9.42. The van der Waals surface area contributed by atoms with Gasteiger partial charge in [-0.2, -0.15) is 5.26 Å². The van der Waals surface area contributed by atoms with Crippen LogP contribution in [0.1, 0.15) is 33.9 Å². The van der Waals surface area contributed by atoms with Gasteiger partial charge in [0, 0.05) is 12.1 Å². The summed E-state index contributed by atoms with van der Waals surface area (Å²) in [4.78, 5) is 6.94. The number of aliphatic imine (C=N–C) groups is 1. The SMILES string of the molecule is N#Cc1ccc([C@H]2c3ccccc3[C@](O)(c3ccccc3)C3=NCCN32)cc1. The lowest BCUT2D eigenvalue weighted by Crippen LogP contribution is -2.52. The Morgan fingerprint density at radius 2 is 1.68 bits per heavy atom. The summed E-state index contributed by atoms with van der Waals surface area (Å²) in [5.74, 6) is 0.701. The number of rotatable bonds is 2. The molecule has 0 bridgehead atoms. The number of hydrogen-bond acceptors (Lipinski definition) is 4. The van der Waals surface area contributed by atoms with Gasteiger partial charge in [-0.25, -0.2) is 0 Å². The van der Waals surface area contributed by atoms with Crippen LogP contribution in [0.15, 0.2) is 83.9 Å². The summed E-state index contributed by atoms with van der Waals surface area (Å²) >= 11 is 0. The Morgan fingerprint density at radius 3 is 2.43 bits per heavy atom. The van der Waals surface area contributed by atoms with E-state index in [2.05, 4.69) is 17.0 Å². The summed E-state index contributed by atoms with van der Waals surface area (Å²) in [5, 5.41) is 21.1. The molecule has 0 radical (unpaired) electrons. The van der Waals surface area contributed by atoms with Crippen molar-refractivity contribution in [1.29, 1.82) is 5.26 Å². The molecule has 28 heavy (non-hydrogen) atoms. The van der Waals surface area contributed by atoms with Crippen LogP contribution in [0.3, 0.4) is 0 Å². The van der Waals surface area contributed by atoms with Gasteiger partial charge in [0.1, 0.15) is 5.84 Å². The molecule has 136 valence electrons. The van der Waals surface area contributed by atoms with E-state index in [0.717, 1.165) is 28.8 Å². The van der Waals surface area contributed by atoms with Gasteiger partial charge in [0.15, 0.2) is 5.60 Å². The van der Waals surface area contributed by atoms with E-state index in [1.807, 2.05) is 72.8 Å². The van der Waals surface area contributed by atoms with Gasteiger partial charge in [0.25, 0.3) is 0 Å². The molecular weight excluding hydrogens is 346 g/mol. The molecule has 0 aromatic heterocycles. The Kier molecular flexibility index (Phi) is 3.78. The number of fused-ring (bicyclic) bond motifs is 2. The molecule has 3 aromatic carbocycles. The highest BCUT2D eigenvalue weighted by molar-refractivity contribution is 5.98. The topological polar surface area (TPSA) is 59.6 Å². The second-order valence-electron chi connectivity index (χ2n) is 7.20. The van der Waals surface area contributed by atoms with Crippen molar-refractivity contribution in [3.8, 4) is 6.07 Å². The molecule has 5 rings (SSSR count). The maximum absolute atomic E-state index is 12.0. The minimum Gasteiger partial charge on any atom is -0.373 e. The number of hydrogen-bond donors (Lipinski definition) is 1. The van der Waals surface area contributed by atoms with Crippen molar-refractivity contribution in [3.05, 3.63) is 107 Å². The van der Waals surface area contributed by atoms with Gasteiger partial charge in [-0.05, 0) is 28.8 Å². The highest BCUT2D eigenvalue weighted by atomic mass is 16.3. The summed E-state index contributed by atoms with van der Waals surface area (Å²) in [7, 11) is 0. The molecule has 4 heteroatoms. The van der Waals surface area contributed by atoms with Crippen LogP contribution in [0.5, 0.6) is 0 Å². The quantitative estimate of drug-likeness (QED) is 0.755. The van der Waals surface area contributed by atoms with Crippen LogP contribution in [-0.4, -0.2) is 28.9 Å². The van der Waals surface area contributed by atoms with Crippen molar-refractivity contribution in [2.24, 2.45) is 4.99 Å². The fourth-order valence-electron chi connectivity index (χ4n) is 4.45. The van der Waals surface area contributed by atoms with E-state index in [1.54, 1.807) is 0 Å². The lowest BCUT2D eigenvalue weighted by molar-refractivity contribution is 0.124. The number of nitriles is 1. The van der Waals surface area contributed by atoms with Gasteiger partial charge in [-0.3, -0.25) is 4.99 Å². The molecule has 0 spiro atoms. The molecule has 0 fully saturated rings. The molecule has 0 saturated carbocycles. The average molecular weight is 365 g/mol. The first-order valence-electron chi connectivity index (χ1n) is 9.42. The molecule has 3 aromatic rings. The van der Waals surface area contributed by atoms with Crippen LogP contribution in [0.4, 0.5) is 0 Å². The van der Waals surface area contributed by atoms with Crippen molar-refractivity contribution in [2.75, 3.05) is 13.1 Å². The van der Waals surface area contributed by atoms with Gasteiger partial charge in [0.05, 0.1) is 24.2 Å². The van der Waals surface area contributed by atoms with Crippen molar-refractivity contribution >= 4 is 5.84 Å². The highest BCUT2D eigenvalue weighted by Gasteiger charge is 2.50. The lowest BCUT2D eigenvalue weighted by atomic mass is 9.75. The van der Waals surface area contributed by atoms with E-state index in [0.29, 0.717) is 17.9 Å². The van der Waals surface area contributed by atoms with Crippen molar-refractivity contribution in [1.82, 2.24) is 4.90 Å². The van der Waals surface area contributed by atoms with Crippen LogP contribution >= 0.6 is 0 Å². The molecule has 4 nitrogen and oxygen atoms in total. The Morgan fingerprint density at radius 1 is 0.964 bits per heavy atom. The minimum atomic E-state index is -1.27. The van der Waals surface area contributed by atoms with Gasteiger partial charge >= 0.3 is 0 Å². The predicted molar refractivity (Wildman–Crippen MR) is 108 cm³/mol. The first-order chi connectivity index (χ1) is 13.7. The van der Waals surface area contributed by atoms with Crippen molar-refractivity contribution < 1.29 is 5.11 Å². The zero-order valence-corrected chi connectivity index (χ0v) is 15.3. The van der Waals surface area contributed by atoms with Gasteiger partial charge in [-0.15, -0.1) is 0 Å². The molecule has 0 aliphatic carbocycles. The largest absolute Gasteiger partial charge is 0.373 e. The molecule has 2 aliphatic heterocycles. The molecule has 0 saturated heterocycles. The second-order valence-corrected chi connectivity index (χ2v) is 7.20. The first kappa shape index (κ1) is 16.7. The van der Waals surface area contributed by atoms with Gasteiger partial charge < -0.3 is 10.0 Å². The summed E-state index contributed by atoms with van der Waals surface area (Å²) < 4.78 is 0. The van der Waals surface area contributed by atoms with Crippen molar-refractivity contribution in [3.63, 3.8) is 0 Å². The molecule has 2 heterocycles. The van der Waals surface area contributed by atoms with E-state index in [-0.39, 0.29) is 6.04 Å². The maximum atomic E-state index is 12.0. The van der Waals surface area contributed by atoms with E-state index in [4.69, 9.17) is 10.3 Å². The normalized spacial score (nSPS) is 22.8. The maximum Gasteiger partial charge on any atom is 0.172 e. The third-order valence-corrected chi connectivity index (χ3v) is 5.70. The fourth-order valence-corrected chi connectivity index (χ4v) is 4.45. The Bertz CT molecular complexity index is 1100. The number of nitrogens with zero attached hydrogens (tertiary/aromatic N) is 3. The summed E-state index contributed by atoms with van der Waals surface area (Å²) in [6, 6.07) is 27.7. The monoisotopic (exact) mass is 365 g/mol. The third kappa shape index (κ3) is 2.30. The number of amidine groups is 1. The summed E-state index contributed by atoms with van der Waals surface area (Å²) in [6.07, 6.45) is 0. The Balaban J connectivity index is 1.75. The van der Waals surface area contributed by atoms with Crippen LogP contribution in [0.25, 0.3) is 0 Å². The molecule has 2 aliphatic rings. The summed E-state index contributed by atoms with van der Waals surface area (Å²) in [6.45, 7) is 1.41. The molecule has 0 unspecified atom stereocenters.